The van der Waals surface area contributed by atoms with E-state index < -0.39 is 27.1 Å². The summed E-state index contributed by atoms with van der Waals surface area (Å²) in [6, 6.07) is 0. The van der Waals surface area contributed by atoms with E-state index in [-0.39, 0.29) is 12.4 Å². The van der Waals surface area contributed by atoms with E-state index in [2.05, 4.69) is 4.18 Å². The Labute approximate surface area is 89.9 Å². The minimum Gasteiger partial charge on any atom is -0.455 e. The fraction of sp³-hybridized carbons (Fsp3) is 0.889. The van der Waals surface area contributed by atoms with Gasteiger partial charge in [-0.25, -0.2) is 0 Å². The molecular weight excluding hydrogens is 220 g/mol. The molecule has 1 unspecified atom stereocenters. The van der Waals surface area contributed by atoms with Crippen LogP contribution < -0.4 is 0 Å². The van der Waals surface area contributed by atoms with Crippen LogP contribution >= 0.6 is 0 Å². The van der Waals surface area contributed by atoms with Crippen molar-refractivity contribution < 1.29 is 22.1 Å². The number of rotatable bonds is 1. The van der Waals surface area contributed by atoms with E-state index in [9.17, 15) is 13.2 Å². The average molecular weight is 236 g/mol. The van der Waals surface area contributed by atoms with Crippen LogP contribution in [0.25, 0.3) is 0 Å². The van der Waals surface area contributed by atoms with Crippen molar-refractivity contribution in [3.05, 3.63) is 0 Å². The van der Waals surface area contributed by atoms with E-state index >= 15 is 0 Å². The molecule has 88 valence electrons. The molecule has 0 N–H and O–H groups in total. The van der Waals surface area contributed by atoms with E-state index in [1.165, 1.54) is 0 Å². The van der Waals surface area contributed by atoms with E-state index in [1.807, 2.05) is 0 Å². The van der Waals surface area contributed by atoms with Gasteiger partial charge in [-0.3, -0.25) is 8.98 Å². The fourth-order valence-electron chi connectivity index (χ4n) is 1.11. The van der Waals surface area contributed by atoms with Gasteiger partial charge in [-0.2, -0.15) is 8.42 Å². The van der Waals surface area contributed by atoms with Crippen molar-refractivity contribution in [1.82, 2.24) is 0 Å². The van der Waals surface area contributed by atoms with Crippen LogP contribution in [0.15, 0.2) is 0 Å². The molecule has 0 aromatic heterocycles. The lowest BCUT2D eigenvalue weighted by atomic mass is 9.97. The molecule has 0 radical (unpaired) electrons. The number of hydrogen-bond donors (Lipinski definition) is 0. The molecule has 0 bridgehead atoms. The molecule has 0 aromatic rings. The average Bonchev–Trinajstić information content (AvgIpc) is 2.23. The SMILES string of the molecule is CC1(OC(=O)C(C)(C)C)COS(=O)(=O)C1. The van der Waals surface area contributed by atoms with Crippen LogP contribution in [0.2, 0.25) is 0 Å². The first kappa shape index (κ1) is 12.4. The summed E-state index contributed by atoms with van der Waals surface area (Å²) in [5.74, 6) is -0.701. The maximum Gasteiger partial charge on any atom is 0.311 e. The molecule has 6 heteroatoms. The first-order valence-corrected chi connectivity index (χ1v) is 6.22. The van der Waals surface area contributed by atoms with E-state index in [0.717, 1.165) is 0 Å². The molecule has 5 nitrogen and oxygen atoms in total. The van der Waals surface area contributed by atoms with Crippen molar-refractivity contribution in [2.75, 3.05) is 12.4 Å². The quantitative estimate of drug-likeness (QED) is 0.495. The molecule has 1 saturated heterocycles. The largest absolute Gasteiger partial charge is 0.455 e. The zero-order valence-electron chi connectivity index (χ0n) is 9.36. The first-order chi connectivity index (χ1) is 6.54. The van der Waals surface area contributed by atoms with Crippen LogP contribution in [-0.4, -0.2) is 32.3 Å². The first-order valence-electron chi connectivity index (χ1n) is 4.65. The van der Waals surface area contributed by atoms with Gasteiger partial charge in [-0.1, -0.05) is 0 Å². The molecule has 1 aliphatic rings. The second-order valence-corrected chi connectivity index (χ2v) is 6.69. The second-order valence-electron chi connectivity index (χ2n) is 5.05. The predicted octanol–water partition coefficient (Wildman–Crippen LogP) is 0.694. The van der Waals surface area contributed by atoms with Crippen LogP contribution in [-0.2, 0) is 23.8 Å². The monoisotopic (exact) mass is 236 g/mol. The topological polar surface area (TPSA) is 69.7 Å². The van der Waals surface area contributed by atoms with E-state index in [4.69, 9.17) is 4.74 Å². The minimum atomic E-state index is -3.52. The lowest BCUT2D eigenvalue weighted by Crippen LogP contribution is -2.39. The molecule has 0 saturated carbocycles. The summed E-state index contributed by atoms with van der Waals surface area (Å²) in [6.45, 7) is 6.59. The molecule has 0 spiro atoms. The van der Waals surface area contributed by atoms with Crippen LogP contribution in [0, 0.1) is 5.41 Å². The molecule has 0 aliphatic carbocycles. The standard InChI is InChI=1S/C9H16O5S/c1-8(2,3)7(10)14-9(4)5-13-15(11,12)6-9/h5-6H2,1-4H3. The normalized spacial score (nSPS) is 30.1. The van der Waals surface area contributed by atoms with E-state index in [1.54, 1.807) is 27.7 Å². The number of esters is 1. The summed E-state index contributed by atoms with van der Waals surface area (Å²) in [5.41, 5.74) is -1.70. The zero-order chi connectivity index (χ0) is 11.9. The third kappa shape index (κ3) is 3.17. The summed E-state index contributed by atoms with van der Waals surface area (Å²) in [5, 5.41) is 0. The van der Waals surface area contributed by atoms with Crippen LogP contribution in [0.1, 0.15) is 27.7 Å². The Balaban J connectivity index is 2.72. The summed E-state index contributed by atoms with van der Waals surface area (Å²) in [6.07, 6.45) is 0. The molecular formula is C9H16O5S. The molecule has 1 fully saturated rings. The number of carbonyl (C=O) groups excluding carboxylic acids is 1. The maximum atomic E-state index is 11.6. The lowest BCUT2D eigenvalue weighted by molar-refractivity contribution is -0.166. The molecule has 1 heterocycles. The molecule has 1 atom stereocenters. The summed E-state index contributed by atoms with van der Waals surface area (Å²) in [7, 11) is -3.52. The molecule has 1 rings (SSSR count). The van der Waals surface area contributed by atoms with Crippen LogP contribution in [0.4, 0.5) is 0 Å². The Morgan fingerprint density at radius 1 is 1.40 bits per heavy atom. The van der Waals surface area contributed by atoms with Gasteiger partial charge >= 0.3 is 5.97 Å². The second kappa shape index (κ2) is 3.45. The Morgan fingerprint density at radius 3 is 2.27 bits per heavy atom. The highest BCUT2D eigenvalue weighted by atomic mass is 32.2. The van der Waals surface area contributed by atoms with Crippen molar-refractivity contribution in [2.45, 2.75) is 33.3 Å². The van der Waals surface area contributed by atoms with Gasteiger partial charge in [0.1, 0.15) is 12.4 Å². The Morgan fingerprint density at radius 2 is 1.93 bits per heavy atom. The van der Waals surface area contributed by atoms with Crippen molar-refractivity contribution in [3.8, 4) is 0 Å². The van der Waals surface area contributed by atoms with Gasteiger partial charge in [0.25, 0.3) is 10.1 Å². The zero-order valence-corrected chi connectivity index (χ0v) is 10.2. The highest BCUT2D eigenvalue weighted by Gasteiger charge is 2.44. The number of hydrogen-bond acceptors (Lipinski definition) is 5. The predicted molar refractivity (Wildman–Crippen MR) is 53.7 cm³/mol. The lowest BCUT2D eigenvalue weighted by Gasteiger charge is -2.26. The highest BCUT2D eigenvalue weighted by Crippen LogP contribution is 2.27. The smallest absolute Gasteiger partial charge is 0.311 e. The van der Waals surface area contributed by atoms with Crippen molar-refractivity contribution in [2.24, 2.45) is 5.41 Å². The van der Waals surface area contributed by atoms with Gasteiger partial charge in [-0.15, -0.1) is 0 Å². The van der Waals surface area contributed by atoms with Crippen molar-refractivity contribution in [1.29, 1.82) is 0 Å². The van der Waals surface area contributed by atoms with Crippen LogP contribution in [0.5, 0.6) is 0 Å². The third-order valence-corrected chi connectivity index (χ3v) is 3.42. The van der Waals surface area contributed by atoms with Gasteiger partial charge in [0.05, 0.1) is 5.41 Å². The molecule has 15 heavy (non-hydrogen) atoms. The summed E-state index contributed by atoms with van der Waals surface area (Å²) in [4.78, 5) is 11.6. The van der Waals surface area contributed by atoms with E-state index in [0.29, 0.717) is 0 Å². The summed E-state index contributed by atoms with van der Waals surface area (Å²) >= 11 is 0. The fourth-order valence-corrected chi connectivity index (χ4v) is 2.51. The Hall–Kier alpha value is -0.620. The Kier molecular flexibility index (Phi) is 2.86. The van der Waals surface area contributed by atoms with Crippen LogP contribution in [0.3, 0.4) is 0 Å². The van der Waals surface area contributed by atoms with Crippen molar-refractivity contribution in [3.63, 3.8) is 0 Å². The van der Waals surface area contributed by atoms with Crippen molar-refractivity contribution >= 4 is 16.1 Å². The minimum absolute atomic E-state index is 0.100. The third-order valence-electron chi connectivity index (χ3n) is 1.98. The number of carbonyl (C=O) groups is 1. The highest BCUT2D eigenvalue weighted by molar-refractivity contribution is 7.87. The van der Waals surface area contributed by atoms with Gasteiger partial charge in [-0.05, 0) is 27.7 Å². The van der Waals surface area contributed by atoms with Gasteiger partial charge in [0.15, 0.2) is 5.60 Å². The molecule has 0 aromatic carbocycles. The molecule has 0 amide bonds. The van der Waals surface area contributed by atoms with Gasteiger partial charge < -0.3 is 4.74 Å². The maximum absolute atomic E-state index is 11.6. The number of ether oxygens (including phenoxy) is 1. The molecule has 1 aliphatic heterocycles. The summed E-state index contributed by atoms with van der Waals surface area (Å²) < 4.78 is 31.8. The van der Waals surface area contributed by atoms with Gasteiger partial charge in [0.2, 0.25) is 0 Å². The van der Waals surface area contributed by atoms with Gasteiger partial charge in [0, 0.05) is 0 Å². The Bertz CT molecular complexity index is 364.